The van der Waals surface area contributed by atoms with Crippen molar-refractivity contribution in [3.8, 4) is 0 Å². The second-order valence-electron chi connectivity index (χ2n) is 5.69. The third-order valence-corrected chi connectivity index (χ3v) is 4.15. The minimum atomic E-state index is -0.0527. The van der Waals surface area contributed by atoms with E-state index in [0.717, 1.165) is 28.0 Å². The summed E-state index contributed by atoms with van der Waals surface area (Å²) in [6.45, 7) is 4.71. The average Bonchev–Trinajstić information content (AvgIpc) is 2.57. The van der Waals surface area contributed by atoms with Gasteiger partial charge in [-0.1, -0.05) is 49.0 Å². The van der Waals surface area contributed by atoms with Gasteiger partial charge in [0.25, 0.3) is 0 Å². The molecule has 0 saturated heterocycles. The fraction of sp³-hybridized carbons (Fsp3) is 0.200. The van der Waals surface area contributed by atoms with E-state index in [0.29, 0.717) is 13.0 Å². The molecule has 0 fully saturated rings. The first-order valence-electron chi connectivity index (χ1n) is 7.70. The van der Waals surface area contributed by atoms with Gasteiger partial charge >= 0.3 is 0 Å². The second kappa shape index (κ2) is 8.46. The predicted molar refractivity (Wildman–Crippen MR) is 91.7 cm³/mol. The average molecular weight is 542 g/mol. The predicted octanol–water partition coefficient (Wildman–Crippen LogP) is 3.68. The summed E-state index contributed by atoms with van der Waals surface area (Å²) in [6.07, 6.45) is 2.82. The second-order valence-corrected chi connectivity index (χ2v) is 5.69. The van der Waals surface area contributed by atoms with Crippen molar-refractivity contribution in [2.75, 3.05) is 4.90 Å². The Labute approximate surface area is 166 Å². The van der Waals surface area contributed by atoms with E-state index in [9.17, 15) is 9.59 Å². The van der Waals surface area contributed by atoms with Gasteiger partial charge in [0.2, 0.25) is 5.91 Å². The smallest absolute Gasteiger partial charge is 0.224 e. The zero-order valence-electron chi connectivity index (χ0n) is 13.4. The Balaban J connectivity index is 0.00000208. The Morgan fingerprint density at radius 3 is 2.50 bits per heavy atom. The first-order valence-corrected chi connectivity index (χ1v) is 7.70. The van der Waals surface area contributed by atoms with Crippen LogP contribution in [0.15, 0.2) is 55.1 Å². The van der Waals surface area contributed by atoms with E-state index >= 15 is 0 Å². The van der Waals surface area contributed by atoms with Crippen LogP contribution in [0.4, 0.5) is 5.69 Å². The van der Waals surface area contributed by atoms with Crippen LogP contribution in [-0.4, -0.2) is 12.2 Å². The van der Waals surface area contributed by atoms with Crippen molar-refractivity contribution < 1.29 is 40.7 Å². The Kier molecular flexibility index (Phi) is 6.60. The minimum absolute atomic E-state index is 0. The Hall–Kier alpha value is -1.63. The van der Waals surface area contributed by atoms with Gasteiger partial charge < -0.3 is 9.69 Å². The van der Waals surface area contributed by atoms with E-state index in [4.69, 9.17) is 0 Å². The fourth-order valence-electron chi connectivity index (χ4n) is 3.02. The van der Waals surface area contributed by atoms with Crippen molar-refractivity contribution in [1.82, 2.24) is 0 Å². The van der Waals surface area contributed by atoms with Gasteiger partial charge in [-0.15, -0.1) is 6.42 Å². The minimum Gasteiger partial charge on any atom is -0.542 e. The Bertz CT molecular complexity index is 770. The largest absolute Gasteiger partial charge is 0.542 e. The van der Waals surface area contributed by atoms with Crippen LogP contribution in [0.5, 0.6) is 0 Å². The van der Waals surface area contributed by atoms with E-state index in [1.54, 1.807) is 11.2 Å². The van der Waals surface area contributed by atoms with Crippen LogP contribution in [-0.2, 0) is 22.6 Å². The van der Waals surface area contributed by atoms with Gasteiger partial charge in [-0.2, -0.15) is 0 Å². The molecule has 0 unspecified atom stereocenters. The van der Waals surface area contributed by atoms with Crippen LogP contribution >= 0.6 is 0 Å². The van der Waals surface area contributed by atoms with Gasteiger partial charge in [0.05, 0.1) is 6.54 Å². The third-order valence-electron chi connectivity index (χ3n) is 4.15. The van der Waals surface area contributed by atoms with Crippen LogP contribution in [0, 0.1) is 31.1 Å². The van der Waals surface area contributed by atoms with Crippen LogP contribution in [0.2, 0.25) is 0 Å². The molecule has 24 heavy (non-hydrogen) atoms. The molecule has 3 nitrogen and oxygen atoms in total. The summed E-state index contributed by atoms with van der Waals surface area (Å²) in [5.74, 6) is -0.0527. The summed E-state index contributed by atoms with van der Waals surface area (Å²) in [6, 6.07) is 15.9. The number of carbonyl (C=O) groups excluding carboxylic acids is 2. The number of fused-ring (bicyclic) bond motifs is 2. The summed E-state index contributed by atoms with van der Waals surface area (Å²) in [5, 5.41) is 0. The SMILES string of the molecule is C=C1Cc2ccccc2N(C(=O)CC[C-]=O)Cc2ccccc21.[U]. The molecule has 0 bridgehead atoms. The first-order chi connectivity index (χ1) is 11.2. The molecule has 1 heterocycles. The van der Waals surface area contributed by atoms with E-state index in [2.05, 4.69) is 6.58 Å². The van der Waals surface area contributed by atoms with Crippen LogP contribution < -0.4 is 4.90 Å². The monoisotopic (exact) mass is 542 g/mol. The van der Waals surface area contributed by atoms with E-state index in [1.165, 1.54) is 0 Å². The normalized spacial score (nSPS) is 13.0. The maximum absolute atomic E-state index is 12.6. The quantitative estimate of drug-likeness (QED) is 0.556. The van der Waals surface area contributed by atoms with Gasteiger partial charge in [0.15, 0.2) is 0 Å². The van der Waals surface area contributed by atoms with Gasteiger partial charge in [0.1, 0.15) is 0 Å². The molecule has 120 valence electrons. The van der Waals surface area contributed by atoms with Crippen LogP contribution in [0.25, 0.3) is 5.57 Å². The molecular formula is C20H18NO2U-. The van der Waals surface area contributed by atoms with Gasteiger partial charge in [-0.25, -0.2) is 0 Å². The molecule has 1 aliphatic rings. The summed E-state index contributed by atoms with van der Waals surface area (Å²) < 4.78 is 0. The number of rotatable bonds is 3. The van der Waals surface area contributed by atoms with Crippen molar-refractivity contribution in [2.45, 2.75) is 25.8 Å². The Morgan fingerprint density at radius 2 is 1.75 bits per heavy atom. The molecule has 1 aliphatic heterocycles. The molecule has 4 heteroatoms. The molecule has 0 atom stereocenters. The summed E-state index contributed by atoms with van der Waals surface area (Å²) >= 11 is 0. The molecule has 0 radical (unpaired) electrons. The molecular weight excluding hydrogens is 524 g/mol. The number of amides is 1. The third kappa shape index (κ3) is 3.88. The van der Waals surface area contributed by atoms with Gasteiger partial charge in [-0.05, 0) is 34.8 Å². The molecule has 2 aromatic rings. The number of anilines is 1. The molecule has 0 aromatic heterocycles. The molecule has 0 aliphatic carbocycles. The number of para-hydroxylation sites is 1. The maximum atomic E-state index is 12.6. The van der Waals surface area contributed by atoms with Crippen LogP contribution in [0.3, 0.4) is 0 Å². The topological polar surface area (TPSA) is 37.4 Å². The number of benzene rings is 2. The molecule has 2 aromatic carbocycles. The molecule has 0 N–H and O–H groups in total. The number of hydrogen-bond donors (Lipinski definition) is 0. The van der Waals surface area contributed by atoms with Gasteiger partial charge in [0, 0.05) is 43.2 Å². The number of nitrogens with zero attached hydrogens (tertiary/aromatic N) is 1. The van der Waals surface area contributed by atoms with E-state index in [1.807, 2.05) is 48.5 Å². The Morgan fingerprint density at radius 1 is 1.08 bits per heavy atom. The molecule has 1 amide bonds. The number of hydrogen-bond acceptors (Lipinski definition) is 2. The van der Waals surface area contributed by atoms with Gasteiger partial charge in [-0.3, -0.25) is 11.1 Å². The van der Waals surface area contributed by atoms with E-state index < -0.39 is 0 Å². The number of carbonyl (C=O) groups is 1. The summed E-state index contributed by atoms with van der Waals surface area (Å²) in [4.78, 5) is 24.9. The number of allylic oxidation sites excluding steroid dienone is 1. The molecule has 3 rings (SSSR count). The molecule has 0 saturated carbocycles. The van der Waals surface area contributed by atoms with Crippen molar-refractivity contribution in [1.29, 1.82) is 0 Å². The molecule has 0 spiro atoms. The van der Waals surface area contributed by atoms with Crippen LogP contribution in [0.1, 0.15) is 29.5 Å². The maximum Gasteiger partial charge on any atom is 0.224 e. The van der Waals surface area contributed by atoms with Crippen molar-refractivity contribution in [2.24, 2.45) is 0 Å². The first kappa shape index (κ1) is 18.7. The van der Waals surface area contributed by atoms with Crippen molar-refractivity contribution in [3.63, 3.8) is 0 Å². The van der Waals surface area contributed by atoms with Crippen molar-refractivity contribution >= 4 is 23.5 Å². The summed E-state index contributed by atoms with van der Waals surface area (Å²) in [7, 11) is 0. The standard InChI is InChI=1S/C20H18NO2.U/c1-15-13-16-7-3-5-10-19(16)21(20(23)11-6-12-22)14-17-8-2-4-9-18(15)17;/h2-5,7-10H,1,6,11,13-14H2;/q-1;. The fourth-order valence-corrected chi connectivity index (χ4v) is 3.02. The zero-order valence-corrected chi connectivity index (χ0v) is 17.6. The van der Waals surface area contributed by atoms with E-state index in [-0.39, 0.29) is 49.9 Å². The summed E-state index contributed by atoms with van der Waals surface area (Å²) in [5.41, 5.74) is 5.22. The zero-order chi connectivity index (χ0) is 16.2. The van der Waals surface area contributed by atoms with Crippen molar-refractivity contribution in [3.05, 3.63) is 71.8 Å².